The average Bonchev–Trinajstić information content (AvgIpc) is 2.49. The van der Waals surface area contributed by atoms with Crippen LogP contribution in [-0.4, -0.2) is 0 Å². The van der Waals surface area contributed by atoms with E-state index in [1.54, 1.807) is 0 Å². The van der Waals surface area contributed by atoms with Gasteiger partial charge in [0.15, 0.2) is 0 Å². The van der Waals surface area contributed by atoms with E-state index in [0.29, 0.717) is 5.41 Å². The van der Waals surface area contributed by atoms with Gasteiger partial charge in [0.1, 0.15) is 0 Å². The van der Waals surface area contributed by atoms with E-state index in [9.17, 15) is 0 Å². The maximum absolute atomic E-state index is 2.50. The molecule has 0 saturated carbocycles. The second-order valence-electron chi connectivity index (χ2n) is 9.53. The van der Waals surface area contributed by atoms with Crippen molar-refractivity contribution in [2.24, 2.45) is 52.8 Å². The van der Waals surface area contributed by atoms with Crippen molar-refractivity contribution in [3.8, 4) is 0 Å². The van der Waals surface area contributed by atoms with E-state index in [0.717, 1.165) is 47.3 Å². The fourth-order valence-corrected chi connectivity index (χ4v) is 4.01. The third-order valence-corrected chi connectivity index (χ3v) is 8.13. The quantitative estimate of drug-likeness (QED) is 0.413. The van der Waals surface area contributed by atoms with Crippen molar-refractivity contribution in [2.45, 2.75) is 89.5 Å². The minimum absolute atomic E-state index is 0.452. The van der Waals surface area contributed by atoms with Crippen LogP contribution in [0.4, 0.5) is 0 Å². The van der Waals surface area contributed by atoms with E-state index >= 15 is 0 Å². The normalized spacial score (nSPS) is 22.8. The van der Waals surface area contributed by atoms with Crippen molar-refractivity contribution >= 4 is 0 Å². The molecule has 0 aliphatic rings. The zero-order valence-corrected chi connectivity index (χ0v) is 17.8. The van der Waals surface area contributed by atoms with Gasteiger partial charge in [-0.15, -0.1) is 0 Å². The van der Waals surface area contributed by atoms with Gasteiger partial charge in [0.2, 0.25) is 0 Å². The summed E-state index contributed by atoms with van der Waals surface area (Å²) in [5.74, 6) is 6.35. The lowest BCUT2D eigenvalue weighted by Gasteiger charge is -2.42. The van der Waals surface area contributed by atoms with Crippen molar-refractivity contribution in [2.75, 3.05) is 0 Å². The van der Waals surface area contributed by atoms with Crippen molar-refractivity contribution < 1.29 is 0 Å². The Hall–Kier alpha value is 0. The topological polar surface area (TPSA) is 0 Å². The van der Waals surface area contributed by atoms with Crippen LogP contribution < -0.4 is 0 Å². The van der Waals surface area contributed by atoms with Crippen LogP contribution in [-0.2, 0) is 0 Å². The second-order valence-corrected chi connectivity index (χ2v) is 9.53. The SMILES string of the molecule is CCC(C)(C)C(C)C(C)C(C)C(C)C(C)C(C)C(C)C(C)C. The molecule has 0 aromatic carbocycles. The highest BCUT2D eigenvalue weighted by molar-refractivity contribution is 4.84. The minimum Gasteiger partial charge on any atom is -0.0649 e. The minimum atomic E-state index is 0.452. The molecule has 0 aromatic rings. The summed E-state index contributed by atoms with van der Waals surface area (Å²) in [5.41, 5.74) is 0.452. The number of hydrogen-bond acceptors (Lipinski definition) is 0. The molecule has 7 atom stereocenters. The van der Waals surface area contributed by atoms with Gasteiger partial charge in [0.25, 0.3) is 0 Å². The molecule has 0 spiro atoms. The van der Waals surface area contributed by atoms with Gasteiger partial charge in [0.05, 0.1) is 0 Å². The first-order chi connectivity index (χ1) is 9.88. The first kappa shape index (κ1) is 22.0. The van der Waals surface area contributed by atoms with Crippen LogP contribution in [0.2, 0.25) is 0 Å². The predicted octanol–water partition coefficient (Wildman–Crippen LogP) is 7.53. The summed E-state index contributed by atoms with van der Waals surface area (Å²) in [7, 11) is 0. The van der Waals surface area contributed by atoms with Gasteiger partial charge in [0, 0.05) is 0 Å². The predicted molar refractivity (Wildman–Crippen MR) is 103 cm³/mol. The highest BCUT2D eigenvalue weighted by atomic mass is 14.4. The molecule has 0 amide bonds. The van der Waals surface area contributed by atoms with Gasteiger partial charge in [-0.25, -0.2) is 0 Å². The second kappa shape index (κ2) is 8.74. The lowest BCUT2D eigenvalue weighted by Crippen LogP contribution is -2.35. The van der Waals surface area contributed by atoms with Crippen molar-refractivity contribution in [3.63, 3.8) is 0 Å². The van der Waals surface area contributed by atoms with E-state index < -0.39 is 0 Å². The molecule has 134 valence electrons. The Morgan fingerprint density at radius 1 is 0.545 bits per heavy atom. The molecule has 0 heteroatoms. The van der Waals surface area contributed by atoms with Crippen molar-refractivity contribution in [1.82, 2.24) is 0 Å². The zero-order valence-electron chi connectivity index (χ0n) is 17.8. The lowest BCUT2D eigenvalue weighted by atomic mass is 9.63. The number of rotatable bonds is 9. The summed E-state index contributed by atoms with van der Waals surface area (Å²) in [4.78, 5) is 0. The van der Waals surface area contributed by atoms with Crippen LogP contribution in [0, 0.1) is 52.8 Å². The van der Waals surface area contributed by atoms with Crippen molar-refractivity contribution in [3.05, 3.63) is 0 Å². The van der Waals surface area contributed by atoms with Gasteiger partial charge < -0.3 is 0 Å². The Morgan fingerprint density at radius 2 is 0.864 bits per heavy atom. The number of hydrogen-bond donors (Lipinski definition) is 0. The molecule has 0 rings (SSSR count). The van der Waals surface area contributed by atoms with Crippen LogP contribution in [0.3, 0.4) is 0 Å². The summed E-state index contributed by atoms with van der Waals surface area (Å²) in [6.07, 6.45) is 1.27. The van der Waals surface area contributed by atoms with E-state index in [1.807, 2.05) is 0 Å². The first-order valence-electron chi connectivity index (χ1n) is 9.88. The van der Waals surface area contributed by atoms with Crippen LogP contribution in [0.5, 0.6) is 0 Å². The van der Waals surface area contributed by atoms with Gasteiger partial charge in [-0.1, -0.05) is 89.5 Å². The molecule has 0 nitrogen and oxygen atoms in total. The molecular formula is C22H46. The van der Waals surface area contributed by atoms with E-state index in [2.05, 4.69) is 83.1 Å². The molecule has 0 saturated heterocycles. The third-order valence-electron chi connectivity index (χ3n) is 8.13. The smallest absolute Gasteiger partial charge is 0.0329 e. The molecule has 0 N–H and O–H groups in total. The molecule has 7 unspecified atom stereocenters. The summed E-state index contributed by atoms with van der Waals surface area (Å²) in [6.45, 7) is 29.3. The fraction of sp³-hybridized carbons (Fsp3) is 1.00. The molecule has 22 heavy (non-hydrogen) atoms. The van der Waals surface area contributed by atoms with Gasteiger partial charge in [-0.2, -0.15) is 0 Å². The fourth-order valence-electron chi connectivity index (χ4n) is 4.01. The third kappa shape index (κ3) is 5.27. The van der Waals surface area contributed by atoms with E-state index in [-0.39, 0.29) is 0 Å². The van der Waals surface area contributed by atoms with Gasteiger partial charge in [-0.05, 0) is 52.8 Å². The van der Waals surface area contributed by atoms with Crippen molar-refractivity contribution in [1.29, 1.82) is 0 Å². The molecule has 0 radical (unpaired) electrons. The highest BCUT2D eigenvalue weighted by Gasteiger charge is 2.36. The lowest BCUT2D eigenvalue weighted by molar-refractivity contribution is 0.0647. The van der Waals surface area contributed by atoms with E-state index in [1.165, 1.54) is 6.42 Å². The maximum Gasteiger partial charge on any atom is -0.0329 e. The first-order valence-corrected chi connectivity index (χ1v) is 9.88. The molecule has 0 aliphatic heterocycles. The van der Waals surface area contributed by atoms with Gasteiger partial charge >= 0.3 is 0 Å². The monoisotopic (exact) mass is 310 g/mol. The van der Waals surface area contributed by atoms with E-state index in [4.69, 9.17) is 0 Å². The Bertz CT molecular complexity index is 301. The highest BCUT2D eigenvalue weighted by Crippen LogP contribution is 2.43. The molecule has 0 aromatic heterocycles. The van der Waals surface area contributed by atoms with Crippen LogP contribution in [0.25, 0.3) is 0 Å². The van der Waals surface area contributed by atoms with Crippen LogP contribution in [0.1, 0.15) is 89.5 Å². The Balaban J connectivity index is 4.94. The molecule has 0 aliphatic carbocycles. The zero-order chi connectivity index (χ0) is 17.8. The van der Waals surface area contributed by atoms with Crippen LogP contribution >= 0.6 is 0 Å². The van der Waals surface area contributed by atoms with Crippen LogP contribution in [0.15, 0.2) is 0 Å². The Labute approximate surface area is 142 Å². The molecular weight excluding hydrogens is 264 g/mol. The van der Waals surface area contributed by atoms with Gasteiger partial charge in [-0.3, -0.25) is 0 Å². The summed E-state index contributed by atoms with van der Waals surface area (Å²) in [5, 5.41) is 0. The Kier molecular flexibility index (Phi) is 8.74. The summed E-state index contributed by atoms with van der Waals surface area (Å²) in [6, 6.07) is 0. The summed E-state index contributed by atoms with van der Waals surface area (Å²) >= 11 is 0. The molecule has 0 fully saturated rings. The maximum atomic E-state index is 2.50. The average molecular weight is 311 g/mol. The molecule has 0 heterocycles. The summed E-state index contributed by atoms with van der Waals surface area (Å²) < 4.78 is 0. The Morgan fingerprint density at radius 3 is 1.18 bits per heavy atom. The molecule has 0 bridgehead atoms. The largest absolute Gasteiger partial charge is 0.0649 e. The standard InChI is InChI=1S/C22H46/c1-13-22(11,12)21(10)20(9)19(8)18(7)17(6)16(5)15(4)14(2)3/h14-21H,13H2,1-12H3.